The highest BCUT2D eigenvalue weighted by Crippen LogP contribution is 2.16. The van der Waals surface area contributed by atoms with Gasteiger partial charge in [0.05, 0.1) is 12.6 Å². The lowest BCUT2D eigenvalue weighted by molar-refractivity contribution is -0.121. The zero-order valence-electron chi connectivity index (χ0n) is 13.4. The van der Waals surface area contributed by atoms with Gasteiger partial charge in [-0.2, -0.15) is 0 Å². The smallest absolute Gasteiger partial charge is 0.409 e. The Kier molecular flexibility index (Phi) is 6.41. The molecule has 1 aliphatic rings. The van der Waals surface area contributed by atoms with Crippen LogP contribution in [0.25, 0.3) is 0 Å². The standard InChI is InChI=1S/C16H22BrN3O3/c1-3-23-16(22)20-9-7-19(8-10-20)12(2)15(21)18-14-6-4-5-13(17)11-14/h4-6,11-12H,3,7-10H2,1-2H3,(H,18,21)/t12-/m1/s1. The first kappa shape index (κ1) is 17.7. The highest BCUT2D eigenvalue weighted by molar-refractivity contribution is 9.10. The number of anilines is 1. The first-order valence-electron chi connectivity index (χ1n) is 7.73. The van der Waals surface area contributed by atoms with Crippen LogP contribution in [0.4, 0.5) is 10.5 Å². The number of carbonyl (C=O) groups is 2. The van der Waals surface area contributed by atoms with E-state index in [0.717, 1.165) is 10.2 Å². The van der Waals surface area contributed by atoms with E-state index < -0.39 is 0 Å². The molecule has 0 spiro atoms. The van der Waals surface area contributed by atoms with Crippen LogP contribution in [0.5, 0.6) is 0 Å². The van der Waals surface area contributed by atoms with E-state index in [9.17, 15) is 9.59 Å². The third-order valence-corrected chi connectivity index (χ3v) is 4.35. The van der Waals surface area contributed by atoms with Crippen molar-refractivity contribution in [1.29, 1.82) is 0 Å². The van der Waals surface area contributed by atoms with Gasteiger partial charge in [-0.05, 0) is 32.0 Å². The number of rotatable bonds is 4. The molecule has 1 aromatic rings. The van der Waals surface area contributed by atoms with Crippen LogP contribution in [-0.4, -0.2) is 60.6 Å². The van der Waals surface area contributed by atoms with Crippen molar-refractivity contribution in [2.24, 2.45) is 0 Å². The molecule has 0 saturated carbocycles. The third kappa shape index (κ3) is 4.94. The van der Waals surface area contributed by atoms with Gasteiger partial charge in [0.2, 0.25) is 5.91 Å². The average Bonchev–Trinajstić information content (AvgIpc) is 2.54. The van der Waals surface area contributed by atoms with E-state index in [-0.39, 0.29) is 18.0 Å². The van der Waals surface area contributed by atoms with Crippen molar-refractivity contribution in [2.45, 2.75) is 19.9 Å². The molecule has 1 N–H and O–H groups in total. The molecule has 1 aromatic carbocycles. The van der Waals surface area contributed by atoms with E-state index in [4.69, 9.17) is 4.74 Å². The fraction of sp³-hybridized carbons (Fsp3) is 0.500. The van der Waals surface area contributed by atoms with E-state index in [1.165, 1.54) is 0 Å². The van der Waals surface area contributed by atoms with E-state index in [0.29, 0.717) is 32.8 Å². The van der Waals surface area contributed by atoms with Gasteiger partial charge in [-0.1, -0.05) is 22.0 Å². The second-order valence-corrected chi connectivity index (χ2v) is 6.31. The summed E-state index contributed by atoms with van der Waals surface area (Å²) in [5.41, 5.74) is 0.765. The van der Waals surface area contributed by atoms with Crippen LogP contribution in [0.2, 0.25) is 0 Å². The largest absolute Gasteiger partial charge is 0.450 e. The van der Waals surface area contributed by atoms with Gasteiger partial charge in [-0.25, -0.2) is 4.79 Å². The molecule has 1 atom stereocenters. The van der Waals surface area contributed by atoms with Gasteiger partial charge in [0.1, 0.15) is 0 Å². The summed E-state index contributed by atoms with van der Waals surface area (Å²) in [5, 5.41) is 2.92. The SMILES string of the molecule is CCOC(=O)N1CCN([C@H](C)C(=O)Nc2cccc(Br)c2)CC1. The Hall–Kier alpha value is -1.60. The van der Waals surface area contributed by atoms with Gasteiger partial charge >= 0.3 is 6.09 Å². The zero-order chi connectivity index (χ0) is 16.8. The zero-order valence-corrected chi connectivity index (χ0v) is 15.0. The number of amides is 2. The minimum absolute atomic E-state index is 0.0484. The number of ether oxygens (including phenoxy) is 1. The molecule has 0 aromatic heterocycles. The lowest BCUT2D eigenvalue weighted by atomic mass is 10.2. The topological polar surface area (TPSA) is 61.9 Å². The fourth-order valence-corrected chi connectivity index (χ4v) is 2.88. The van der Waals surface area contributed by atoms with Crippen LogP contribution in [0, 0.1) is 0 Å². The molecule has 1 heterocycles. The summed E-state index contributed by atoms with van der Waals surface area (Å²) in [4.78, 5) is 27.8. The summed E-state index contributed by atoms with van der Waals surface area (Å²) in [5.74, 6) is -0.0484. The summed E-state index contributed by atoms with van der Waals surface area (Å²) >= 11 is 3.39. The van der Waals surface area contributed by atoms with Crippen molar-refractivity contribution in [3.63, 3.8) is 0 Å². The van der Waals surface area contributed by atoms with Crippen LogP contribution in [0.3, 0.4) is 0 Å². The van der Waals surface area contributed by atoms with E-state index in [2.05, 4.69) is 26.1 Å². The minimum Gasteiger partial charge on any atom is -0.450 e. The molecule has 2 amide bonds. The number of hydrogen-bond acceptors (Lipinski definition) is 4. The fourth-order valence-electron chi connectivity index (χ4n) is 2.49. The minimum atomic E-state index is -0.279. The summed E-state index contributed by atoms with van der Waals surface area (Å²) in [6.07, 6.45) is -0.279. The molecule has 2 rings (SSSR count). The van der Waals surface area contributed by atoms with Crippen molar-refractivity contribution in [1.82, 2.24) is 9.80 Å². The maximum atomic E-state index is 12.4. The number of carbonyl (C=O) groups excluding carboxylic acids is 2. The number of nitrogens with one attached hydrogen (secondary N) is 1. The van der Waals surface area contributed by atoms with Crippen LogP contribution >= 0.6 is 15.9 Å². The maximum absolute atomic E-state index is 12.4. The van der Waals surface area contributed by atoms with E-state index in [1.807, 2.05) is 31.2 Å². The second-order valence-electron chi connectivity index (χ2n) is 5.40. The molecule has 0 unspecified atom stereocenters. The molecule has 1 saturated heterocycles. The molecular weight excluding hydrogens is 362 g/mol. The number of piperazine rings is 1. The van der Waals surface area contributed by atoms with Gasteiger partial charge < -0.3 is 15.0 Å². The second kappa shape index (κ2) is 8.31. The summed E-state index contributed by atoms with van der Waals surface area (Å²) < 4.78 is 5.92. The molecule has 7 heteroatoms. The van der Waals surface area contributed by atoms with Gasteiger partial charge in [0.15, 0.2) is 0 Å². The molecule has 6 nitrogen and oxygen atoms in total. The number of hydrogen-bond donors (Lipinski definition) is 1. The normalized spacial score (nSPS) is 16.7. The highest BCUT2D eigenvalue weighted by Gasteiger charge is 2.27. The molecule has 1 fully saturated rings. The van der Waals surface area contributed by atoms with E-state index >= 15 is 0 Å². The van der Waals surface area contributed by atoms with Crippen molar-refractivity contribution in [3.8, 4) is 0 Å². The predicted octanol–water partition coefficient (Wildman–Crippen LogP) is 2.55. The average molecular weight is 384 g/mol. The molecule has 0 aliphatic carbocycles. The van der Waals surface area contributed by atoms with Crippen LogP contribution in [0.15, 0.2) is 28.7 Å². The summed E-state index contributed by atoms with van der Waals surface area (Å²) in [6.45, 7) is 6.53. The van der Waals surface area contributed by atoms with Gasteiger partial charge in [-0.15, -0.1) is 0 Å². The summed E-state index contributed by atoms with van der Waals surface area (Å²) in [7, 11) is 0. The third-order valence-electron chi connectivity index (χ3n) is 3.86. The number of halogens is 1. The number of nitrogens with zero attached hydrogens (tertiary/aromatic N) is 2. The molecule has 0 bridgehead atoms. The van der Waals surface area contributed by atoms with Crippen LogP contribution < -0.4 is 5.32 Å². The molecular formula is C16H22BrN3O3. The Bertz CT molecular complexity index is 559. The lowest BCUT2D eigenvalue weighted by Crippen LogP contribution is -2.54. The number of benzene rings is 1. The molecule has 0 radical (unpaired) electrons. The van der Waals surface area contributed by atoms with Gasteiger partial charge in [0, 0.05) is 36.3 Å². The Morgan fingerprint density at radius 1 is 1.30 bits per heavy atom. The van der Waals surface area contributed by atoms with Crippen molar-refractivity contribution >= 4 is 33.6 Å². The van der Waals surface area contributed by atoms with Crippen molar-refractivity contribution in [3.05, 3.63) is 28.7 Å². The first-order valence-corrected chi connectivity index (χ1v) is 8.52. The molecule has 23 heavy (non-hydrogen) atoms. The Morgan fingerprint density at radius 2 is 2.00 bits per heavy atom. The Balaban J connectivity index is 1.85. The Labute approximate surface area is 144 Å². The Morgan fingerprint density at radius 3 is 2.61 bits per heavy atom. The van der Waals surface area contributed by atoms with Crippen LogP contribution in [-0.2, 0) is 9.53 Å². The van der Waals surface area contributed by atoms with Crippen molar-refractivity contribution < 1.29 is 14.3 Å². The predicted molar refractivity (Wildman–Crippen MR) is 92.4 cm³/mol. The van der Waals surface area contributed by atoms with Crippen molar-refractivity contribution in [2.75, 3.05) is 38.1 Å². The highest BCUT2D eigenvalue weighted by atomic mass is 79.9. The van der Waals surface area contributed by atoms with Crippen LogP contribution in [0.1, 0.15) is 13.8 Å². The molecule has 126 valence electrons. The maximum Gasteiger partial charge on any atom is 0.409 e. The van der Waals surface area contributed by atoms with Gasteiger partial charge in [0.25, 0.3) is 0 Å². The van der Waals surface area contributed by atoms with Gasteiger partial charge in [-0.3, -0.25) is 9.69 Å². The molecule has 1 aliphatic heterocycles. The lowest BCUT2D eigenvalue weighted by Gasteiger charge is -2.36. The van der Waals surface area contributed by atoms with E-state index in [1.54, 1.807) is 11.8 Å². The first-order chi connectivity index (χ1) is 11.0. The summed E-state index contributed by atoms with van der Waals surface area (Å²) in [6, 6.07) is 7.26. The quantitative estimate of drug-likeness (QED) is 0.867. The monoisotopic (exact) mass is 383 g/mol.